The highest BCUT2D eigenvalue weighted by atomic mass is 79.9. The molecule has 2 unspecified atom stereocenters. The first-order valence-corrected chi connectivity index (χ1v) is 8.61. The summed E-state index contributed by atoms with van der Waals surface area (Å²) in [6.45, 7) is 7.59. The van der Waals surface area contributed by atoms with Crippen LogP contribution < -0.4 is 0 Å². The lowest BCUT2D eigenvalue weighted by Gasteiger charge is -2.24. The van der Waals surface area contributed by atoms with Gasteiger partial charge in [0.1, 0.15) is 0 Å². The molecule has 108 valence electrons. The van der Waals surface area contributed by atoms with E-state index in [4.69, 9.17) is 5.10 Å². The summed E-state index contributed by atoms with van der Waals surface area (Å²) in [6.07, 6.45) is 1.29. The number of halogens is 1. The maximum absolute atomic E-state index is 4.82. The summed E-state index contributed by atoms with van der Waals surface area (Å²) in [5.41, 5.74) is 2.48. The Morgan fingerprint density at radius 2 is 2.15 bits per heavy atom. The van der Waals surface area contributed by atoms with Gasteiger partial charge in [-0.2, -0.15) is 5.10 Å². The van der Waals surface area contributed by atoms with Crippen molar-refractivity contribution < 1.29 is 0 Å². The van der Waals surface area contributed by atoms with E-state index in [0.29, 0.717) is 6.04 Å². The Labute approximate surface area is 129 Å². The minimum Gasteiger partial charge on any atom is -0.293 e. The molecule has 0 saturated carbocycles. The molecule has 2 heterocycles. The summed E-state index contributed by atoms with van der Waals surface area (Å²) in [4.78, 5) is 2.58. The van der Waals surface area contributed by atoms with Crippen molar-refractivity contribution in [1.29, 1.82) is 0 Å². The van der Waals surface area contributed by atoms with Crippen LogP contribution >= 0.6 is 15.9 Å². The number of aromatic nitrogens is 2. The van der Waals surface area contributed by atoms with E-state index in [1.54, 1.807) is 0 Å². The number of hydrogen-bond donors (Lipinski definition) is 0. The highest BCUT2D eigenvalue weighted by Crippen LogP contribution is 2.28. The molecule has 3 nitrogen and oxygen atoms in total. The van der Waals surface area contributed by atoms with Gasteiger partial charge in [-0.3, -0.25) is 9.58 Å². The number of nitrogens with zero attached hydrogens (tertiary/aromatic N) is 3. The number of alkyl halides is 1. The van der Waals surface area contributed by atoms with Crippen molar-refractivity contribution in [2.75, 3.05) is 11.9 Å². The van der Waals surface area contributed by atoms with Crippen LogP contribution in [-0.4, -0.2) is 32.6 Å². The van der Waals surface area contributed by atoms with Crippen LogP contribution in [0.3, 0.4) is 0 Å². The highest BCUT2D eigenvalue weighted by molar-refractivity contribution is 9.09. The van der Waals surface area contributed by atoms with Gasteiger partial charge in [-0.15, -0.1) is 0 Å². The molecule has 3 rings (SSSR count). The Hall–Kier alpha value is -0.870. The minimum atomic E-state index is 0.639. The van der Waals surface area contributed by atoms with E-state index >= 15 is 0 Å². The van der Waals surface area contributed by atoms with Crippen LogP contribution in [-0.2, 0) is 13.1 Å². The fraction of sp³-hybridized carbons (Fsp3) is 0.562. The Morgan fingerprint density at radius 3 is 2.90 bits per heavy atom. The average molecular weight is 336 g/mol. The smallest absolute Gasteiger partial charge is 0.0843 e. The summed E-state index contributed by atoms with van der Waals surface area (Å²) < 4.78 is 2.12. The van der Waals surface area contributed by atoms with Crippen LogP contribution in [0.2, 0.25) is 0 Å². The second-order valence-corrected chi connectivity index (χ2v) is 6.39. The standard InChI is InChI=1S/C16H22BrN3/c1-3-20-15-7-5-4-6-13(15)14(18-20)11-19-9-8-12(2)16(19)10-17/h4-7,12,16H,3,8-11H2,1-2H3. The number of fused-ring (bicyclic) bond motifs is 1. The third-order valence-electron chi connectivity index (χ3n) is 4.54. The van der Waals surface area contributed by atoms with Crippen LogP contribution in [0.15, 0.2) is 24.3 Å². The molecule has 0 radical (unpaired) electrons. The molecule has 0 aliphatic carbocycles. The van der Waals surface area contributed by atoms with Gasteiger partial charge < -0.3 is 0 Å². The van der Waals surface area contributed by atoms with E-state index in [0.717, 1.165) is 24.3 Å². The van der Waals surface area contributed by atoms with Gasteiger partial charge in [0.05, 0.1) is 11.2 Å². The van der Waals surface area contributed by atoms with Gasteiger partial charge in [0.25, 0.3) is 0 Å². The number of aryl methyl sites for hydroxylation is 1. The molecule has 1 aliphatic heterocycles. The van der Waals surface area contributed by atoms with Crippen molar-refractivity contribution in [1.82, 2.24) is 14.7 Å². The quantitative estimate of drug-likeness (QED) is 0.795. The Morgan fingerprint density at radius 1 is 1.35 bits per heavy atom. The van der Waals surface area contributed by atoms with Gasteiger partial charge in [-0.05, 0) is 31.9 Å². The van der Waals surface area contributed by atoms with Crippen molar-refractivity contribution >= 4 is 26.8 Å². The minimum absolute atomic E-state index is 0.639. The second-order valence-electron chi connectivity index (χ2n) is 5.74. The normalized spacial score (nSPS) is 23.8. The molecule has 20 heavy (non-hydrogen) atoms. The van der Waals surface area contributed by atoms with E-state index in [9.17, 15) is 0 Å². The molecule has 4 heteroatoms. The monoisotopic (exact) mass is 335 g/mol. The number of hydrogen-bond acceptors (Lipinski definition) is 2. The van der Waals surface area contributed by atoms with Gasteiger partial charge in [0.2, 0.25) is 0 Å². The molecule has 0 N–H and O–H groups in total. The Balaban J connectivity index is 1.91. The van der Waals surface area contributed by atoms with Gasteiger partial charge >= 0.3 is 0 Å². The molecule has 2 atom stereocenters. The summed E-state index contributed by atoms with van der Waals surface area (Å²) in [5, 5.41) is 7.19. The largest absolute Gasteiger partial charge is 0.293 e. The Bertz CT molecular complexity index is 592. The predicted octanol–water partition coefficient (Wildman–Crippen LogP) is 3.66. The van der Waals surface area contributed by atoms with Crippen LogP contribution in [0.25, 0.3) is 10.9 Å². The van der Waals surface area contributed by atoms with E-state index in [2.05, 4.69) is 63.6 Å². The molecule has 1 aromatic heterocycles. The lowest BCUT2D eigenvalue weighted by Crippen LogP contribution is -2.33. The SMILES string of the molecule is CCn1nc(CN2CCC(C)C2CBr)c2ccccc21. The van der Waals surface area contributed by atoms with Gasteiger partial charge in [-0.1, -0.05) is 41.1 Å². The molecule has 1 saturated heterocycles. The van der Waals surface area contributed by atoms with Crippen molar-refractivity contribution in [3.8, 4) is 0 Å². The average Bonchev–Trinajstić information content (AvgIpc) is 3.01. The van der Waals surface area contributed by atoms with Gasteiger partial charge in [-0.25, -0.2) is 0 Å². The molecule has 2 aromatic rings. The predicted molar refractivity (Wildman–Crippen MR) is 87.2 cm³/mol. The first-order chi connectivity index (χ1) is 9.74. The van der Waals surface area contributed by atoms with Crippen LogP contribution in [0.5, 0.6) is 0 Å². The number of likely N-dealkylation sites (tertiary alicyclic amines) is 1. The maximum atomic E-state index is 4.82. The van der Waals surface area contributed by atoms with Crippen molar-refractivity contribution in [2.45, 2.75) is 39.4 Å². The molecular weight excluding hydrogens is 314 g/mol. The van der Waals surface area contributed by atoms with Crippen molar-refractivity contribution in [2.24, 2.45) is 5.92 Å². The molecule has 1 aliphatic rings. The van der Waals surface area contributed by atoms with Crippen molar-refractivity contribution in [3.05, 3.63) is 30.0 Å². The molecule has 1 fully saturated rings. The summed E-state index contributed by atoms with van der Waals surface area (Å²) >= 11 is 3.67. The zero-order chi connectivity index (χ0) is 14.1. The summed E-state index contributed by atoms with van der Waals surface area (Å²) in [5.74, 6) is 0.772. The van der Waals surface area contributed by atoms with Crippen LogP contribution in [0.4, 0.5) is 0 Å². The van der Waals surface area contributed by atoms with E-state index in [1.807, 2.05) is 0 Å². The van der Waals surface area contributed by atoms with Crippen LogP contribution in [0.1, 0.15) is 26.0 Å². The fourth-order valence-corrected chi connectivity index (χ4v) is 4.33. The topological polar surface area (TPSA) is 21.1 Å². The lowest BCUT2D eigenvalue weighted by atomic mass is 10.1. The molecule has 0 amide bonds. The summed E-state index contributed by atoms with van der Waals surface area (Å²) in [7, 11) is 0. The lowest BCUT2D eigenvalue weighted by molar-refractivity contribution is 0.241. The highest BCUT2D eigenvalue weighted by Gasteiger charge is 2.30. The third kappa shape index (κ3) is 2.40. The first kappa shape index (κ1) is 14.1. The van der Waals surface area contributed by atoms with Crippen molar-refractivity contribution in [3.63, 3.8) is 0 Å². The second kappa shape index (κ2) is 5.86. The van der Waals surface area contributed by atoms with Gasteiger partial charge in [0.15, 0.2) is 0 Å². The van der Waals surface area contributed by atoms with E-state index in [-0.39, 0.29) is 0 Å². The van der Waals surface area contributed by atoms with Gasteiger partial charge in [0, 0.05) is 29.8 Å². The fourth-order valence-electron chi connectivity index (χ4n) is 3.28. The number of para-hydroxylation sites is 1. The van der Waals surface area contributed by atoms with E-state index in [1.165, 1.54) is 29.6 Å². The number of benzene rings is 1. The van der Waals surface area contributed by atoms with E-state index < -0.39 is 0 Å². The molecule has 1 aromatic carbocycles. The molecular formula is C16H22BrN3. The first-order valence-electron chi connectivity index (χ1n) is 7.49. The molecule has 0 spiro atoms. The molecule has 0 bridgehead atoms. The maximum Gasteiger partial charge on any atom is 0.0843 e. The zero-order valence-corrected chi connectivity index (χ0v) is 13.8. The summed E-state index contributed by atoms with van der Waals surface area (Å²) in [6, 6.07) is 9.22. The van der Waals surface area contributed by atoms with Crippen LogP contribution in [0, 0.1) is 5.92 Å². The Kier molecular flexibility index (Phi) is 4.13. The third-order valence-corrected chi connectivity index (χ3v) is 5.21. The number of rotatable bonds is 4. The zero-order valence-electron chi connectivity index (χ0n) is 12.2.